The molecule has 0 spiro atoms. The number of urea groups is 1. The molecule has 0 radical (unpaired) electrons. The first-order chi connectivity index (χ1) is 9.08. The summed E-state index contributed by atoms with van der Waals surface area (Å²) in [5.41, 5.74) is 7.99. The summed E-state index contributed by atoms with van der Waals surface area (Å²) < 4.78 is 10.4. The largest absolute Gasteiger partial charge is 0.478 e. The normalized spacial score (nSPS) is 13.7. The Labute approximate surface area is 107 Å². The predicted octanol–water partition coefficient (Wildman–Crippen LogP) is 0.253. The van der Waals surface area contributed by atoms with Crippen LogP contribution >= 0.6 is 0 Å². The van der Waals surface area contributed by atoms with E-state index in [0.717, 1.165) is 0 Å². The van der Waals surface area contributed by atoms with Gasteiger partial charge in [-0.2, -0.15) is 5.10 Å². The molecule has 0 atom stereocenters. The fraction of sp³-hybridized carbons (Fsp3) is 0.182. The number of ether oxygens (including phenoxy) is 2. The van der Waals surface area contributed by atoms with Crippen molar-refractivity contribution in [3.63, 3.8) is 0 Å². The average Bonchev–Trinajstić information content (AvgIpc) is 2.38. The van der Waals surface area contributed by atoms with Crippen LogP contribution in [0.2, 0.25) is 0 Å². The molecular formula is C11H11N3O5. The van der Waals surface area contributed by atoms with E-state index >= 15 is 0 Å². The van der Waals surface area contributed by atoms with Crippen molar-refractivity contribution in [3.8, 4) is 5.75 Å². The first-order valence-corrected chi connectivity index (χ1v) is 5.27. The molecule has 100 valence electrons. The smallest absolute Gasteiger partial charge is 0.335 e. The van der Waals surface area contributed by atoms with Gasteiger partial charge in [-0.1, -0.05) is 0 Å². The van der Waals surface area contributed by atoms with Gasteiger partial charge in [0, 0.05) is 11.1 Å². The van der Waals surface area contributed by atoms with Gasteiger partial charge in [0.25, 0.3) is 0 Å². The van der Waals surface area contributed by atoms with Crippen LogP contribution in [0.4, 0.5) is 4.79 Å². The second-order valence-electron chi connectivity index (χ2n) is 3.70. The predicted molar refractivity (Wildman–Crippen MR) is 64.0 cm³/mol. The number of carbonyl (C=O) groups is 2. The number of nitrogens with two attached hydrogens (primary N) is 1. The lowest BCUT2D eigenvalue weighted by Crippen LogP contribution is -2.24. The van der Waals surface area contributed by atoms with Gasteiger partial charge >= 0.3 is 12.0 Å². The number of carbonyl (C=O) groups excluding carboxylic acids is 1. The molecule has 2 amide bonds. The number of carboxylic acids is 1. The van der Waals surface area contributed by atoms with E-state index in [4.69, 9.17) is 20.3 Å². The number of benzene rings is 1. The Hall–Kier alpha value is -2.61. The van der Waals surface area contributed by atoms with Gasteiger partial charge in [-0.05, 0) is 12.1 Å². The van der Waals surface area contributed by atoms with Crippen molar-refractivity contribution in [2.24, 2.45) is 10.8 Å². The van der Waals surface area contributed by atoms with Crippen LogP contribution in [0, 0.1) is 0 Å². The minimum atomic E-state index is -1.08. The summed E-state index contributed by atoms with van der Waals surface area (Å²) in [4.78, 5) is 21.5. The summed E-state index contributed by atoms with van der Waals surface area (Å²) in [6.07, 6.45) is 1.27. The number of hydrogen-bond donors (Lipinski definition) is 3. The second-order valence-corrected chi connectivity index (χ2v) is 3.70. The van der Waals surface area contributed by atoms with Crippen molar-refractivity contribution in [2.75, 3.05) is 6.79 Å². The number of fused-ring (bicyclic) bond motifs is 1. The standard InChI is InChI=1S/C11H11N3O5/c12-11(17)14-13-3-7-1-6(10(15)16)2-8-4-18-5-19-9(7)8/h1-3H,4-5H2,(H,15,16)(H3,12,14,17). The Morgan fingerprint density at radius 2 is 2.26 bits per heavy atom. The van der Waals surface area contributed by atoms with Crippen LogP contribution in [-0.2, 0) is 11.3 Å². The van der Waals surface area contributed by atoms with E-state index in [1.807, 2.05) is 5.43 Å². The van der Waals surface area contributed by atoms with Crippen LogP contribution in [0.15, 0.2) is 17.2 Å². The van der Waals surface area contributed by atoms with Gasteiger partial charge in [0.05, 0.1) is 18.4 Å². The first-order valence-electron chi connectivity index (χ1n) is 5.27. The number of nitrogens with zero attached hydrogens (tertiary/aromatic N) is 1. The highest BCUT2D eigenvalue weighted by Gasteiger charge is 2.18. The number of carboxylic acid groups (broad SMARTS) is 1. The van der Waals surface area contributed by atoms with Crippen LogP contribution in [0.25, 0.3) is 0 Å². The van der Waals surface area contributed by atoms with E-state index in [2.05, 4.69) is 5.10 Å². The fourth-order valence-corrected chi connectivity index (χ4v) is 1.63. The lowest BCUT2D eigenvalue weighted by Gasteiger charge is -2.19. The summed E-state index contributed by atoms with van der Waals surface area (Å²) >= 11 is 0. The molecule has 2 rings (SSSR count). The van der Waals surface area contributed by atoms with Crippen molar-refractivity contribution in [3.05, 3.63) is 28.8 Å². The van der Waals surface area contributed by atoms with Crippen molar-refractivity contribution in [1.29, 1.82) is 0 Å². The number of aromatic carboxylic acids is 1. The molecule has 1 aromatic carbocycles. The Morgan fingerprint density at radius 1 is 1.47 bits per heavy atom. The number of hydrogen-bond acceptors (Lipinski definition) is 5. The van der Waals surface area contributed by atoms with Crippen LogP contribution in [0.5, 0.6) is 5.75 Å². The van der Waals surface area contributed by atoms with Crippen molar-refractivity contribution >= 4 is 18.2 Å². The van der Waals surface area contributed by atoms with Crippen molar-refractivity contribution < 1.29 is 24.2 Å². The van der Waals surface area contributed by atoms with Gasteiger partial charge in [0.15, 0.2) is 6.79 Å². The molecule has 19 heavy (non-hydrogen) atoms. The molecule has 0 saturated carbocycles. The average molecular weight is 265 g/mol. The maximum Gasteiger partial charge on any atom is 0.335 e. The summed E-state index contributed by atoms with van der Waals surface area (Å²) in [6.45, 7) is 0.323. The van der Waals surface area contributed by atoms with Crippen LogP contribution in [0.3, 0.4) is 0 Å². The number of rotatable bonds is 3. The third kappa shape index (κ3) is 2.99. The molecule has 8 nitrogen and oxygen atoms in total. The molecular weight excluding hydrogens is 254 g/mol. The highest BCUT2D eigenvalue weighted by Crippen LogP contribution is 2.28. The van der Waals surface area contributed by atoms with E-state index in [0.29, 0.717) is 16.9 Å². The second kappa shape index (κ2) is 5.36. The summed E-state index contributed by atoms with van der Waals surface area (Å²) in [7, 11) is 0. The highest BCUT2D eigenvalue weighted by atomic mass is 16.7. The zero-order valence-electron chi connectivity index (χ0n) is 9.75. The Balaban J connectivity index is 2.39. The van der Waals surface area contributed by atoms with Gasteiger partial charge < -0.3 is 20.3 Å². The molecule has 0 bridgehead atoms. The topological polar surface area (TPSA) is 123 Å². The third-order valence-corrected chi connectivity index (χ3v) is 2.36. The van der Waals surface area contributed by atoms with Gasteiger partial charge in [0.2, 0.25) is 0 Å². The van der Waals surface area contributed by atoms with Gasteiger partial charge in [-0.15, -0.1) is 0 Å². The first kappa shape index (κ1) is 12.8. The van der Waals surface area contributed by atoms with Gasteiger partial charge in [-0.3, -0.25) is 0 Å². The molecule has 4 N–H and O–H groups in total. The van der Waals surface area contributed by atoms with Crippen LogP contribution in [0.1, 0.15) is 21.5 Å². The highest BCUT2D eigenvalue weighted by molar-refractivity contribution is 5.93. The molecule has 0 aromatic heterocycles. The third-order valence-electron chi connectivity index (χ3n) is 2.36. The number of nitrogens with one attached hydrogen (secondary N) is 1. The molecule has 1 aliphatic heterocycles. The maximum absolute atomic E-state index is 11.0. The quantitative estimate of drug-likeness (QED) is 0.534. The Bertz CT molecular complexity index is 556. The molecule has 0 saturated heterocycles. The maximum atomic E-state index is 11.0. The zero-order chi connectivity index (χ0) is 13.8. The minimum absolute atomic E-state index is 0.0729. The van der Waals surface area contributed by atoms with Crippen molar-refractivity contribution in [1.82, 2.24) is 5.43 Å². The van der Waals surface area contributed by atoms with Crippen molar-refractivity contribution in [2.45, 2.75) is 6.61 Å². The monoisotopic (exact) mass is 265 g/mol. The van der Waals surface area contributed by atoms with E-state index in [9.17, 15) is 9.59 Å². The van der Waals surface area contributed by atoms with Gasteiger partial charge in [-0.25, -0.2) is 15.0 Å². The number of primary amides is 1. The SMILES string of the molecule is NC(=O)NN=Cc1cc(C(=O)O)cc2c1OCOC2. The molecule has 1 heterocycles. The minimum Gasteiger partial charge on any atom is -0.478 e. The molecule has 0 fully saturated rings. The lowest BCUT2D eigenvalue weighted by molar-refractivity contribution is -0.0165. The molecule has 1 aliphatic rings. The fourth-order valence-electron chi connectivity index (χ4n) is 1.63. The number of hydrazone groups is 1. The van der Waals surface area contributed by atoms with Crippen LogP contribution in [-0.4, -0.2) is 30.1 Å². The Morgan fingerprint density at radius 3 is 2.95 bits per heavy atom. The summed E-state index contributed by atoms with van der Waals surface area (Å²) in [6, 6.07) is 2.04. The molecule has 8 heteroatoms. The van der Waals surface area contributed by atoms with E-state index < -0.39 is 12.0 Å². The van der Waals surface area contributed by atoms with Crippen LogP contribution < -0.4 is 15.9 Å². The number of amides is 2. The van der Waals surface area contributed by atoms with E-state index in [1.165, 1.54) is 18.3 Å². The van der Waals surface area contributed by atoms with Gasteiger partial charge in [0.1, 0.15) is 5.75 Å². The summed E-state index contributed by atoms with van der Waals surface area (Å²) in [5, 5.41) is 12.6. The Kier molecular flexibility index (Phi) is 3.62. The molecule has 1 aromatic rings. The van der Waals surface area contributed by atoms with E-state index in [1.54, 1.807) is 0 Å². The lowest BCUT2D eigenvalue weighted by atomic mass is 10.0. The summed E-state index contributed by atoms with van der Waals surface area (Å²) in [5.74, 6) is -0.600. The zero-order valence-corrected chi connectivity index (χ0v) is 9.75. The molecule has 0 aliphatic carbocycles. The molecule has 0 unspecified atom stereocenters. The van der Waals surface area contributed by atoms with E-state index in [-0.39, 0.29) is 19.0 Å².